The Labute approximate surface area is 193 Å². The number of hydrogen-bond donors (Lipinski definition) is 3. The average molecular weight is 445 g/mol. The van der Waals surface area contributed by atoms with Gasteiger partial charge in [0.2, 0.25) is 0 Å². The number of nitrogens with one attached hydrogen (secondary N) is 3. The second kappa shape index (κ2) is 9.17. The number of rotatable bonds is 5. The highest BCUT2D eigenvalue weighted by Gasteiger charge is 2.28. The summed E-state index contributed by atoms with van der Waals surface area (Å²) in [7, 11) is 0. The van der Waals surface area contributed by atoms with Gasteiger partial charge in [0, 0.05) is 49.0 Å². The topological polar surface area (TPSA) is 56.4 Å². The van der Waals surface area contributed by atoms with E-state index in [1.807, 2.05) is 42.5 Å². The summed E-state index contributed by atoms with van der Waals surface area (Å²) in [6, 6.07) is 23.9. The van der Waals surface area contributed by atoms with Gasteiger partial charge in [-0.15, -0.1) is 0 Å². The van der Waals surface area contributed by atoms with Crippen LogP contribution >= 0.6 is 11.6 Å². The number of nitrogens with zero attached hydrogens (tertiary/aromatic N) is 1. The second-order valence-electron chi connectivity index (χ2n) is 8.11. The van der Waals surface area contributed by atoms with Crippen molar-refractivity contribution < 1.29 is 4.79 Å². The lowest BCUT2D eigenvalue weighted by molar-refractivity contribution is -0.110. The van der Waals surface area contributed by atoms with Crippen molar-refractivity contribution in [1.82, 2.24) is 10.2 Å². The van der Waals surface area contributed by atoms with Crippen molar-refractivity contribution in [3.63, 3.8) is 0 Å². The molecule has 5 rings (SSSR count). The minimum atomic E-state index is -0.135. The van der Waals surface area contributed by atoms with Crippen molar-refractivity contribution in [2.75, 3.05) is 36.8 Å². The highest BCUT2D eigenvalue weighted by Crippen LogP contribution is 2.38. The minimum Gasteiger partial charge on any atom is -0.354 e. The molecule has 3 N–H and O–H groups in total. The summed E-state index contributed by atoms with van der Waals surface area (Å²) in [5.41, 5.74) is 6.15. The molecule has 1 amide bonds. The van der Waals surface area contributed by atoms with Gasteiger partial charge in [-0.2, -0.15) is 0 Å². The maximum atomic E-state index is 13.0. The number of carbonyl (C=O) groups is 1. The van der Waals surface area contributed by atoms with E-state index in [0.717, 1.165) is 60.9 Å². The smallest absolute Gasteiger partial charge is 0.258 e. The van der Waals surface area contributed by atoms with E-state index in [1.54, 1.807) is 6.07 Å². The van der Waals surface area contributed by atoms with E-state index in [0.29, 0.717) is 10.6 Å². The maximum absolute atomic E-state index is 13.0. The molecule has 0 unspecified atom stereocenters. The minimum absolute atomic E-state index is 0.135. The first-order chi connectivity index (χ1) is 15.7. The molecule has 32 heavy (non-hydrogen) atoms. The third-order valence-corrected chi connectivity index (χ3v) is 6.11. The van der Waals surface area contributed by atoms with E-state index >= 15 is 0 Å². The van der Waals surface area contributed by atoms with Gasteiger partial charge in [-0.05, 0) is 35.4 Å². The van der Waals surface area contributed by atoms with Crippen LogP contribution in [0.3, 0.4) is 0 Å². The second-order valence-corrected chi connectivity index (χ2v) is 8.54. The zero-order valence-electron chi connectivity index (χ0n) is 17.7. The van der Waals surface area contributed by atoms with E-state index < -0.39 is 0 Å². The Balaban J connectivity index is 1.47. The summed E-state index contributed by atoms with van der Waals surface area (Å²) in [6.45, 7) is 5.18. The van der Waals surface area contributed by atoms with Crippen LogP contribution < -0.4 is 16.0 Å². The predicted octanol–water partition coefficient (Wildman–Crippen LogP) is 4.68. The fourth-order valence-corrected chi connectivity index (χ4v) is 4.41. The molecular formula is C26H25ClN4O. The van der Waals surface area contributed by atoms with Crippen LogP contribution in [0.1, 0.15) is 16.7 Å². The molecule has 0 saturated carbocycles. The van der Waals surface area contributed by atoms with Crippen LogP contribution in [0.5, 0.6) is 0 Å². The highest BCUT2D eigenvalue weighted by atomic mass is 35.5. The summed E-state index contributed by atoms with van der Waals surface area (Å²) in [4.78, 5) is 15.4. The number of anilines is 2. The number of piperazine rings is 1. The van der Waals surface area contributed by atoms with Gasteiger partial charge in [-0.3, -0.25) is 9.69 Å². The van der Waals surface area contributed by atoms with E-state index in [9.17, 15) is 4.79 Å². The average Bonchev–Trinajstić information content (AvgIpc) is 3.14. The molecule has 3 aromatic carbocycles. The number of carbonyl (C=O) groups excluding carboxylic acids is 1. The number of fused-ring (bicyclic) bond motifs is 1. The van der Waals surface area contributed by atoms with Crippen molar-refractivity contribution in [3.8, 4) is 0 Å². The third kappa shape index (κ3) is 4.41. The lowest BCUT2D eigenvalue weighted by Crippen LogP contribution is -2.42. The van der Waals surface area contributed by atoms with Crippen molar-refractivity contribution in [2.45, 2.75) is 6.54 Å². The SMILES string of the molecule is O=C1Nc2cc(Cl)ccc2C1=C(Nc1ccc(CN2CCNCC2)cc1)c1ccccc1. The summed E-state index contributed by atoms with van der Waals surface area (Å²) in [6.07, 6.45) is 0. The Morgan fingerprint density at radius 1 is 0.969 bits per heavy atom. The van der Waals surface area contributed by atoms with Crippen LogP contribution in [0, 0.1) is 0 Å². The van der Waals surface area contributed by atoms with Crippen LogP contribution in [0.15, 0.2) is 72.8 Å². The van der Waals surface area contributed by atoms with Crippen molar-refractivity contribution >= 4 is 40.2 Å². The zero-order valence-corrected chi connectivity index (χ0v) is 18.5. The quantitative estimate of drug-likeness (QED) is 0.500. The molecule has 0 aliphatic carbocycles. The summed E-state index contributed by atoms with van der Waals surface area (Å²) in [5.74, 6) is -0.135. The van der Waals surface area contributed by atoms with Gasteiger partial charge in [-0.25, -0.2) is 0 Å². The van der Waals surface area contributed by atoms with Gasteiger partial charge in [-0.1, -0.05) is 60.1 Å². The van der Waals surface area contributed by atoms with Gasteiger partial charge >= 0.3 is 0 Å². The molecule has 2 aliphatic heterocycles. The predicted molar refractivity (Wildman–Crippen MR) is 132 cm³/mol. The molecule has 0 atom stereocenters. The summed E-state index contributed by atoms with van der Waals surface area (Å²) < 4.78 is 0. The van der Waals surface area contributed by atoms with Gasteiger partial charge in [0.25, 0.3) is 5.91 Å². The zero-order chi connectivity index (χ0) is 21.9. The monoisotopic (exact) mass is 444 g/mol. The Bertz CT molecular complexity index is 1150. The molecular weight excluding hydrogens is 420 g/mol. The standard InChI is InChI=1S/C26H25ClN4O/c27-20-8-11-22-23(16-20)30-26(32)24(22)25(19-4-2-1-3-5-19)29-21-9-6-18(7-10-21)17-31-14-12-28-13-15-31/h1-11,16,28-29H,12-15,17H2,(H,30,32). The lowest BCUT2D eigenvalue weighted by Gasteiger charge is -2.27. The lowest BCUT2D eigenvalue weighted by atomic mass is 10.00. The summed E-state index contributed by atoms with van der Waals surface area (Å²) in [5, 5.41) is 10.5. The normalized spacial score (nSPS) is 17.6. The van der Waals surface area contributed by atoms with Crippen molar-refractivity contribution in [2.24, 2.45) is 0 Å². The molecule has 0 spiro atoms. The van der Waals surface area contributed by atoms with Gasteiger partial charge in [0.15, 0.2) is 0 Å². The molecule has 0 radical (unpaired) electrons. The Morgan fingerprint density at radius 2 is 1.72 bits per heavy atom. The molecule has 2 aliphatic rings. The molecule has 2 heterocycles. The maximum Gasteiger partial charge on any atom is 0.258 e. The fraction of sp³-hybridized carbons (Fsp3) is 0.192. The van der Waals surface area contributed by atoms with Gasteiger partial charge in [0.05, 0.1) is 17.0 Å². The first-order valence-corrected chi connectivity index (χ1v) is 11.3. The number of halogens is 1. The van der Waals surface area contributed by atoms with E-state index in [2.05, 4.69) is 45.1 Å². The highest BCUT2D eigenvalue weighted by molar-refractivity contribution is 6.38. The van der Waals surface area contributed by atoms with E-state index in [1.165, 1.54) is 5.56 Å². The van der Waals surface area contributed by atoms with Crippen LogP contribution in [0.4, 0.5) is 11.4 Å². The largest absolute Gasteiger partial charge is 0.354 e. The molecule has 1 fully saturated rings. The van der Waals surface area contributed by atoms with Crippen LogP contribution in [0.25, 0.3) is 11.3 Å². The Hall–Kier alpha value is -3.12. The number of benzene rings is 3. The van der Waals surface area contributed by atoms with Gasteiger partial charge < -0.3 is 16.0 Å². The molecule has 3 aromatic rings. The molecule has 6 heteroatoms. The molecule has 162 valence electrons. The molecule has 0 bridgehead atoms. The number of hydrogen-bond acceptors (Lipinski definition) is 4. The van der Waals surface area contributed by atoms with Crippen molar-refractivity contribution in [1.29, 1.82) is 0 Å². The van der Waals surface area contributed by atoms with E-state index in [4.69, 9.17) is 11.6 Å². The van der Waals surface area contributed by atoms with Crippen LogP contribution in [0.2, 0.25) is 5.02 Å². The summed E-state index contributed by atoms with van der Waals surface area (Å²) >= 11 is 6.14. The molecule has 1 saturated heterocycles. The van der Waals surface area contributed by atoms with Crippen LogP contribution in [-0.2, 0) is 11.3 Å². The Morgan fingerprint density at radius 3 is 2.47 bits per heavy atom. The number of amides is 1. The van der Waals surface area contributed by atoms with Crippen LogP contribution in [-0.4, -0.2) is 37.0 Å². The third-order valence-electron chi connectivity index (χ3n) is 5.88. The van der Waals surface area contributed by atoms with Gasteiger partial charge in [0.1, 0.15) is 0 Å². The van der Waals surface area contributed by atoms with Crippen molar-refractivity contribution in [3.05, 3.63) is 94.5 Å². The molecule has 5 nitrogen and oxygen atoms in total. The molecule has 0 aromatic heterocycles. The first-order valence-electron chi connectivity index (χ1n) is 10.9. The Kier molecular flexibility index (Phi) is 5.95. The fourth-order valence-electron chi connectivity index (χ4n) is 4.24. The first kappa shape index (κ1) is 20.8. The van der Waals surface area contributed by atoms with E-state index in [-0.39, 0.29) is 5.91 Å².